The molecule has 0 spiro atoms. The van der Waals surface area contributed by atoms with Crippen LogP contribution in [-0.2, 0) is 16.1 Å². The third-order valence-corrected chi connectivity index (χ3v) is 4.37. The van der Waals surface area contributed by atoms with Gasteiger partial charge in [-0.1, -0.05) is 13.8 Å². The number of fused-ring (bicyclic) bond motifs is 1. The molecule has 1 N–H and O–H groups in total. The Bertz CT molecular complexity index is 749. The van der Waals surface area contributed by atoms with Crippen molar-refractivity contribution in [1.29, 1.82) is 0 Å². The Morgan fingerprint density at radius 1 is 1.31 bits per heavy atom. The Balaban J connectivity index is 1.71. The van der Waals surface area contributed by atoms with E-state index >= 15 is 0 Å². The molecule has 1 aliphatic rings. The topological polar surface area (TPSA) is 85.2 Å². The molecule has 1 fully saturated rings. The second-order valence-electron chi connectivity index (χ2n) is 7.41. The molecule has 3 heterocycles. The number of amides is 1. The van der Waals surface area contributed by atoms with Crippen molar-refractivity contribution in [2.45, 2.75) is 52.9 Å². The lowest BCUT2D eigenvalue weighted by atomic mass is 10.1. The predicted molar refractivity (Wildman–Crippen MR) is 100 cm³/mol. The predicted octanol–water partition coefficient (Wildman–Crippen LogP) is 1.60. The van der Waals surface area contributed by atoms with Crippen molar-refractivity contribution < 1.29 is 9.53 Å². The van der Waals surface area contributed by atoms with Gasteiger partial charge in [0.2, 0.25) is 5.91 Å². The highest BCUT2D eigenvalue weighted by Crippen LogP contribution is 2.25. The van der Waals surface area contributed by atoms with Crippen molar-refractivity contribution in [2.24, 2.45) is 5.92 Å². The van der Waals surface area contributed by atoms with Gasteiger partial charge in [-0.2, -0.15) is 5.10 Å². The zero-order chi connectivity index (χ0) is 18.7. The van der Waals surface area contributed by atoms with Crippen molar-refractivity contribution in [1.82, 2.24) is 25.1 Å². The average Bonchev–Trinajstić information content (AvgIpc) is 2.96. The van der Waals surface area contributed by atoms with Gasteiger partial charge in [0.05, 0.1) is 30.3 Å². The number of hydrogen-bond donors (Lipinski definition) is 1. The second-order valence-corrected chi connectivity index (χ2v) is 7.41. The molecule has 1 aliphatic heterocycles. The zero-order valence-corrected chi connectivity index (χ0v) is 16.0. The van der Waals surface area contributed by atoms with Crippen LogP contribution < -0.4 is 10.2 Å². The maximum atomic E-state index is 11.8. The number of ether oxygens (including phenoxy) is 1. The fourth-order valence-corrected chi connectivity index (χ4v) is 3.39. The SMILES string of the molecule is CC(C)CC(=O)NCCn1ncc2c(N3CC(C)OC(C)C3)ncnc21. The van der Waals surface area contributed by atoms with Crippen LogP contribution in [0.2, 0.25) is 0 Å². The van der Waals surface area contributed by atoms with Crippen molar-refractivity contribution in [3.63, 3.8) is 0 Å². The molecule has 3 rings (SSSR count). The molecule has 8 heteroatoms. The molecule has 1 amide bonds. The quantitative estimate of drug-likeness (QED) is 0.842. The average molecular weight is 360 g/mol. The van der Waals surface area contributed by atoms with Crippen molar-refractivity contribution in [3.05, 3.63) is 12.5 Å². The molecule has 2 unspecified atom stereocenters. The minimum atomic E-state index is 0.0723. The van der Waals surface area contributed by atoms with Gasteiger partial charge in [0.25, 0.3) is 0 Å². The van der Waals surface area contributed by atoms with Gasteiger partial charge >= 0.3 is 0 Å². The van der Waals surface area contributed by atoms with E-state index in [-0.39, 0.29) is 18.1 Å². The van der Waals surface area contributed by atoms with Crippen molar-refractivity contribution in [3.8, 4) is 0 Å². The van der Waals surface area contributed by atoms with E-state index in [0.717, 1.165) is 29.9 Å². The molecule has 0 aliphatic carbocycles. The second kappa shape index (κ2) is 7.99. The summed E-state index contributed by atoms with van der Waals surface area (Å²) in [6.45, 7) is 10.9. The first-order valence-electron chi connectivity index (χ1n) is 9.27. The van der Waals surface area contributed by atoms with Gasteiger partial charge < -0.3 is 15.0 Å². The molecule has 0 saturated carbocycles. The molecule has 0 radical (unpaired) electrons. The third-order valence-electron chi connectivity index (χ3n) is 4.37. The van der Waals surface area contributed by atoms with Crippen LogP contribution in [0.25, 0.3) is 11.0 Å². The molecule has 0 bridgehead atoms. The van der Waals surface area contributed by atoms with Crippen molar-refractivity contribution >= 4 is 22.8 Å². The molecule has 0 aromatic carbocycles. The molecule has 2 aromatic heterocycles. The van der Waals surface area contributed by atoms with E-state index in [0.29, 0.717) is 25.4 Å². The van der Waals surface area contributed by atoms with Gasteiger partial charge in [0.15, 0.2) is 5.65 Å². The first kappa shape index (κ1) is 18.6. The first-order valence-corrected chi connectivity index (χ1v) is 9.27. The summed E-state index contributed by atoms with van der Waals surface area (Å²) in [6.07, 6.45) is 4.26. The monoisotopic (exact) mass is 360 g/mol. The number of aromatic nitrogens is 4. The lowest BCUT2D eigenvalue weighted by Gasteiger charge is -2.36. The lowest BCUT2D eigenvalue weighted by Crippen LogP contribution is -2.45. The van der Waals surface area contributed by atoms with Crippen LogP contribution in [0.1, 0.15) is 34.1 Å². The van der Waals surface area contributed by atoms with Crippen LogP contribution in [0.4, 0.5) is 5.82 Å². The van der Waals surface area contributed by atoms with Crippen LogP contribution in [0.5, 0.6) is 0 Å². The van der Waals surface area contributed by atoms with Gasteiger partial charge in [-0.05, 0) is 19.8 Å². The Kier molecular flexibility index (Phi) is 5.70. The van der Waals surface area contributed by atoms with E-state index in [2.05, 4.69) is 39.1 Å². The van der Waals surface area contributed by atoms with E-state index in [1.165, 1.54) is 0 Å². The van der Waals surface area contributed by atoms with E-state index < -0.39 is 0 Å². The first-order chi connectivity index (χ1) is 12.4. The van der Waals surface area contributed by atoms with Crippen LogP contribution in [0.3, 0.4) is 0 Å². The van der Waals surface area contributed by atoms with E-state index in [4.69, 9.17) is 4.74 Å². The molecule has 1 saturated heterocycles. The van der Waals surface area contributed by atoms with E-state index in [9.17, 15) is 4.79 Å². The zero-order valence-electron chi connectivity index (χ0n) is 16.0. The normalized spacial score (nSPS) is 20.7. The van der Waals surface area contributed by atoms with Crippen LogP contribution >= 0.6 is 0 Å². The molecular formula is C18H28N6O2. The van der Waals surface area contributed by atoms with Gasteiger partial charge in [-0.25, -0.2) is 14.6 Å². The highest BCUT2D eigenvalue weighted by Gasteiger charge is 2.25. The fraction of sp³-hybridized carbons (Fsp3) is 0.667. The lowest BCUT2D eigenvalue weighted by molar-refractivity contribution is -0.121. The van der Waals surface area contributed by atoms with Crippen LogP contribution in [-0.4, -0.2) is 57.5 Å². The summed E-state index contributed by atoms with van der Waals surface area (Å²) in [5.41, 5.74) is 0.792. The maximum absolute atomic E-state index is 11.8. The fourth-order valence-electron chi connectivity index (χ4n) is 3.39. The Morgan fingerprint density at radius 2 is 2.04 bits per heavy atom. The largest absolute Gasteiger partial charge is 0.372 e. The standard InChI is InChI=1S/C18H28N6O2/c1-12(2)7-16(25)19-5-6-24-18-15(8-22-24)17(20-11-21-18)23-9-13(3)26-14(4)10-23/h8,11-14H,5-7,9-10H2,1-4H3,(H,19,25). The number of nitrogens with one attached hydrogen (secondary N) is 1. The summed E-state index contributed by atoms with van der Waals surface area (Å²) in [5.74, 6) is 1.32. The number of anilines is 1. The van der Waals surface area contributed by atoms with Gasteiger partial charge in [-0.3, -0.25) is 4.79 Å². The van der Waals surface area contributed by atoms with Crippen LogP contribution in [0, 0.1) is 5.92 Å². The summed E-state index contributed by atoms with van der Waals surface area (Å²) < 4.78 is 7.63. The maximum Gasteiger partial charge on any atom is 0.220 e. The molecule has 26 heavy (non-hydrogen) atoms. The highest BCUT2D eigenvalue weighted by atomic mass is 16.5. The van der Waals surface area contributed by atoms with Gasteiger partial charge in [0.1, 0.15) is 12.1 Å². The molecule has 2 atom stereocenters. The summed E-state index contributed by atoms with van der Waals surface area (Å²) >= 11 is 0. The third kappa shape index (κ3) is 4.30. The van der Waals surface area contributed by atoms with Gasteiger partial charge in [-0.15, -0.1) is 0 Å². The minimum Gasteiger partial charge on any atom is -0.372 e. The Labute approximate surface area is 153 Å². The number of carbonyl (C=O) groups excluding carboxylic acids is 1. The van der Waals surface area contributed by atoms with E-state index in [1.54, 1.807) is 6.33 Å². The van der Waals surface area contributed by atoms with Gasteiger partial charge in [0, 0.05) is 26.1 Å². The summed E-state index contributed by atoms with van der Waals surface area (Å²) in [7, 11) is 0. The highest BCUT2D eigenvalue weighted by molar-refractivity contribution is 5.86. The summed E-state index contributed by atoms with van der Waals surface area (Å²) in [4.78, 5) is 22.9. The smallest absolute Gasteiger partial charge is 0.220 e. The van der Waals surface area contributed by atoms with Crippen molar-refractivity contribution in [2.75, 3.05) is 24.5 Å². The molecule has 8 nitrogen and oxygen atoms in total. The number of morpholine rings is 1. The molecular weight excluding hydrogens is 332 g/mol. The van der Waals surface area contributed by atoms with Crippen LogP contribution in [0.15, 0.2) is 12.5 Å². The number of rotatable bonds is 6. The minimum absolute atomic E-state index is 0.0723. The molecule has 142 valence electrons. The Hall–Kier alpha value is -2.22. The van der Waals surface area contributed by atoms with E-state index in [1.807, 2.05) is 24.7 Å². The number of hydrogen-bond acceptors (Lipinski definition) is 6. The number of nitrogens with zero attached hydrogens (tertiary/aromatic N) is 5. The summed E-state index contributed by atoms with van der Waals surface area (Å²) in [5, 5.41) is 8.32. The Morgan fingerprint density at radius 3 is 2.73 bits per heavy atom. The number of carbonyl (C=O) groups is 1. The summed E-state index contributed by atoms with van der Waals surface area (Å²) in [6, 6.07) is 0. The molecule has 2 aromatic rings.